The molecule has 1 aliphatic heterocycles. The molecule has 8 nitrogen and oxygen atoms in total. The predicted molar refractivity (Wildman–Crippen MR) is 120 cm³/mol. The molecule has 33 heavy (non-hydrogen) atoms. The molecule has 1 fully saturated rings. The Hall–Kier alpha value is -4.01. The number of aromatic amines is 1. The smallest absolute Gasteiger partial charge is 0.269 e. The van der Waals surface area contributed by atoms with Crippen LogP contribution in [0, 0.1) is 5.82 Å². The second kappa shape index (κ2) is 10.1. The maximum Gasteiger partial charge on any atom is 0.269 e. The van der Waals surface area contributed by atoms with Crippen LogP contribution in [0.4, 0.5) is 10.1 Å². The molecule has 0 spiro atoms. The molecule has 170 valence electrons. The van der Waals surface area contributed by atoms with Crippen LogP contribution in [-0.4, -0.2) is 52.5 Å². The summed E-state index contributed by atoms with van der Waals surface area (Å²) in [5.41, 5.74) is 2.52. The van der Waals surface area contributed by atoms with Crippen molar-refractivity contribution in [1.29, 1.82) is 0 Å². The molecule has 3 amide bonds. The van der Waals surface area contributed by atoms with Crippen LogP contribution >= 0.6 is 0 Å². The van der Waals surface area contributed by atoms with E-state index in [1.807, 2.05) is 24.3 Å². The number of carbonyl (C=O) groups excluding carboxylic acids is 3. The van der Waals surface area contributed by atoms with E-state index in [0.29, 0.717) is 25.1 Å². The molecule has 1 aromatic heterocycles. The second-order valence-electron chi connectivity index (χ2n) is 7.95. The van der Waals surface area contributed by atoms with Gasteiger partial charge in [0.25, 0.3) is 5.91 Å². The number of H-pyrrole nitrogens is 1. The molecule has 2 atom stereocenters. The van der Waals surface area contributed by atoms with Crippen LogP contribution in [0.1, 0.15) is 34.0 Å². The number of rotatable bonds is 8. The van der Waals surface area contributed by atoms with Crippen molar-refractivity contribution >= 4 is 23.9 Å². The maximum absolute atomic E-state index is 13.7. The number of aromatic nitrogens is 2. The fraction of sp³-hybridized carbons (Fsp3) is 0.250. The van der Waals surface area contributed by atoms with Gasteiger partial charge in [0.1, 0.15) is 17.6 Å². The Balaban J connectivity index is 1.52. The highest BCUT2D eigenvalue weighted by atomic mass is 19.1. The molecule has 1 saturated heterocycles. The lowest BCUT2D eigenvalue weighted by molar-refractivity contribution is -0.132. The highest BCUT2D eigenvalue weighted by molar-refractivity contribution is 5.96. The normalized spacial score (nSPS) is 16.3. The van der Waals surface area contributed by atoms with Crippen LogP contribution in [-0.2, 0) is 16.0 Å². The lowest BCUT2D eigenvalue weighted by Crippen LogP contribution is -2.49. The molecule has 4 rings (SSSR count). The molecule has 0 radical (unpaired) electrons. The predicted octanol–water partition coefficient (Wildman–Crippen LogP) is 2.47. The van der Waals surface area contributed by atoms with Crippen LogP contribution in [0.5, 0.6) is 0 Å². The third-order valence-electron chi connectivity index (χ3n) is 5.79. The summed E-state index contributed by atoms with van der Waals surface area (Å²) in [7, 11) is 0. The first-order valence-electron chi connectivity index (χ1n) is 10.7. The minimum Gasteiger partial charge on any atom is -0.340 e. The summed E-state index contributed by atoms with van der Waals surface area (Å²) in [6.07, 6.45) is 2.97. The monoisotopic (exact) mass is 449 g/mol. The number of amides is 3. The van der Waals surface area contributed by atoms with Gasteiger partial charge in [-0.1, -0.05) is 30.3 Å². The van der Waals surface area contributed by atoms with Gasteiger partial charge in [0, 0.05) is 37.3 Å². The zero-order valence-electron chi connectivity index (χ0n) is 17.8. The summed E-state index contributed by atoms with van der Waals surface area (Å²) >= 11 is 0. The summed E-state index contributed by atoms with van der Waals surface area (Å²) in [4.78, 5) is 38.7. The largest absolute Gasteiger partial charge is 0.340 e. The van der Waals surface area contributed by atoms with Crippen molar-refractivity contribution in [2.24, 2.45) is 0 Å². The molecular weight excluding hydrogens is 425 g/mol. The van der Waals surface area contributed by atoms with E-state index < -0.39 is 17.8 Å². The van der Waals surface area contributed by atoms with Crippen molar-refractivity contribution < 1.29 is 18.8 Å². The van der Waals surface area contributed by atoms with Crippen molar-refractivity contribution in [3.8, 4) is 0 Å². The van der Waals surface area contributed by atoms with Gasteiger partial charge in [0.05, 0.1) is 0 Å². The number of para-hydroxylation sites is 1. The van der Waals surface area contributed by atoms with Gasteiger partial charge in [0.2, 0.25) is 12.3 Å². The maximum atomic E-state index is 13.7. The average Bonchev–Trinajstić information content (AvgIpc) is 3.51. The van der Waals surface area contributed by atoms with Gasteiger partial charge >= 0.3 is 0 Å². The van der Waals surface area contributed by atoms with E-state index in [-0.39, 0.29) is 23.9 Å². The number of likely N-dealkylation sites (tertiary alicyclic amines) is 1. The molecule has 1 unspecified atom stereocenters. The minimum absolute atomic E-state index is 0.0516. The summed E-state index contributed by atoms with van der Waals surface area (Å²) in [5, 5.41) is 11.8. The number of nitrogens with zero attached hydrogens (tertiary/aromatic N) is 2. The minimum atomic E-state index is -0.871. The number of halogens is 1. The first-order valence-corrected chi connectivity index (χ1v) is 10.7. The van der Waals surface area contributed by atoms with E-state index in [1.54, 1.807) is 17.0 Å². The molecule has 0 bridgehead atoms. The van der Waals surface area contributed by atoms with E-state index in [0.717, 1.165) is 17.7 Å². The first kappa shape index (κ1) is 22.2. The van der Waals surface area contributed by atoms with Crippen molar-refractivity contribution in [3.63, 3.8) is 0 Å². The topological polar surface area (TPSA) is 107 Å². The van der Waals surface area contributed by atoms with Crippen LogP contribution in [0.25, 0.3) is 0 Å². The number of benzene rings is 2. The van der Waals surface area contributed by atoms with Crippen molar-refractivity contribution in [3.05, 3.63) is 83.4 Å². The summed E-state index contributed by atoms with van der Waals surface area (Å²) in [6.45, 7) is 0.967. The van der Waals surface area contributed by atoms with Crippen LogP contribution in [0.2, 0.25) is 0 Å². The number of nitrogens with one attached hydrogen (secondary N) is 3. The lowest BCUT2D eigenvalue weighted by Gasteiger charge is -2.25. The number of carbonyl (C=O) groups is 3. The Labute approximate surface area is 190 Å². The van der Waals surface area contributed by atoms with E-state index in [9.17, 15) is 18.8 Å². The third kappa shape index (κ3) is 5.25. The Morgan fingerprint density at radius 2 is 2.06 bits per heavy atom. The summed E-state index contributed by atoms with van der Waals surface area (Å²) < 4.78 is 13.7. The number of hydrogen-bond donors (Lipinski definition) is 3. The SMILES string of the molecule is O=CNc1ccccc1C1CCN(C(=O)[C@H](Cc2cccc(F)c2)NC(=O)c2ccn[nH]2)C1. The van der Waals surface area contributed by atoms with Crippen LogP contribution < -0.4 is 10.6 Å². The van der Waals surface area contributed by atoms with Crippen molar-refractivity contribution in [2.75, 3.05) is 18.4 Å². The zero-order valence-corrected chi connectivity index (χ0v) is 17.8. The van der Waals surface area contributed by atoms with Crippen molar-refractivity contribution in [2.45, 2.75) is 24.8 Å². The number of hydrogen-bond acceptors (Lipinski definition) is 4. The summed E-state index contributed by atoms with van der Waals surface area (Å²) in [5.74, 6) is -1.05. The molecule has 2 aromatic carbocycles. The highest BCUT2D eigenvalue weighted by Crippen LogP contribution is 2.32. The van der Waals surface area contributed by atoms with Gasteiger partial charge in [0.15, 0.2) is 0 Å². The van der Waals surface area contributed by atoms with E-state index >= 15 is 0 Å². The molecule has 0 aliphatic carbocycles. The molecule has 2 heterocycles. The van der Waals surface area contributed by atoms with Crippen LogP contribution in [0.15, 0.2) is 60.8 Å². The summed E-state index contributed by atoms with van der Waals surface area (Å²) in [6, 6.07) is 14.1. The Morgan fingerprint density at radius 3 is 2.82 bits per heavy atom. The van der Waals surface area contributed by atoms with Crippen molar-refractivity contribution in [1.82, 2.24) is 20.4 Å². The van der Waals surface area contributed by atoms with Gasteiger partial charge in [-0.15, -0.1) is 0 Å². The van der Waals surface area contributed by atoms with Gasteiger partial charge in [-0.2, -0.15) is 5.10 Å². The molecule has 3 N–H and O–H groups in total. The first-order chi connectivity index (χ1) is 16.0. The molecule has 1 aliphatic rings. The van der Waals surface area contributed by atoms with E-state index in [2.05, 4.69) is 20.8 Å². The zero-order chi connectivity index (χ0) is 23.2. The Morgan fingerprint density at radius 1 is 1.21 bits per heavy atom. The average molecular weight is 449 g/mol. The van der Waals surface area contributed by atoms with Gasteiger partial charge in [-0.3, -0.25) is 19.5 Å². The fourth-order valence-corrected chi connectivity index (χ4v) is 4.20. The third-order valence-corrected chi connectivity index (χ3v) is 5.79. The molecule has 3 aromatic rings. The second-order valence-corrected chi connectivity index (χ2v) is 7.95. The number of anilines is 1. The lowest BCUT2D eigenvalue weighted by atomic mass is 9.96. The van der Waals surface area contributed by atoms with E-state index in [1.165, 1.54) is 24.4 Å². The van der Waals surface area contributed by atoms with E-state index in [4.69, 9.17) is 0 Å². The van der Waals surface area contributed by atoms with Gasteiger partial charge in [-0.25, -0.2) is 4.39 Å². The highest BCUT2D eigenvalue weighted by Gasteiger charge is 2.33. The van der Waals surface area contributed by atoms with Crippen LogP contribution in [0.3, 0.4) is 0 Å². The molecule has 9 heteroatoms. The van der Waals surface area contributed by atoms with Gasteiger partial charge in [-0.05, 0) is 41.8 Å². The quantitative estimate of drug-likeness (QED) is 0.459. The molecule has 0 saturated carbocycles. The standard InChI is InChI=1S/C24H24FN5O3/c25-18-5-3-4-16(12-18)13-22(28-23(32)21-8-10-27-29-21)24(33)30-11-9-17(14-30)19-6-1-2-7-20(19)26-15-31/h1-8,10,12,15,17,22H,9,11,13-14H2,(H,26,31)(H,27,29)(H,28,32)/t17?,22-/m0/s1. The molecular formula is C24H24FN5O3. The Kier molecular flexibility index (Phi) is 6.77. The Bertz CT molecular complexity index is 1130. The fourth-order valence-electron chi connectivity index (χ4n) is 4.20. The van der Waals surface area contributed by atoms with Gasteiger partial charge < -0.3 is 15.5 Å².